The highest BCUT2D eigenvalue weighted by Gasteiger charge is 2.17. The van der Waals surface area contributed by atoms with Crippen molar-refractivity contribution in [1.82, 2.24) is 4.90 Å². The van der Waals surface area contributed by atoms with Gasteiger partial charge in [-0.15, -0.1) is 0 Å². The Bertz CT molecular complexity index is 372. The van der Waals surface area contributed by atoms with Crippen molar-refractivity contribution < 1.29 is 9.13 Å². The van der Waals surface area contributed by atoms with Crippen molar-refractivity contribution >= 4 is 22.6 Å². The van der Waals surface area contributed by atoms with Crippen molar-refractivity contribution in [2.75, 3.05) is 19.7 Å². The van der Waals surface area contributed by atoms with Gasteiger partial charge in [-0.2, -0.15) is 0 Å². The molecule has 1 unspecified atom stereocenters. The van der Waals surface area contributed by atoms with E-state index in [9.17, 15) is 4.39 Å². The van der Waals surface area contributed by atoms with Gasteiger partial charge < -0.3 is 4.74 Å². The Morgan fingerprint density at radius 2 is 2.38 bits per heavy atom. The minimum atomic E-state index is -0.112. The van der Waals surface area contributed by atoms with Crippen molar-refractivity contribution in [2.45, 2.75) is 19.6 Å². The summed E-state index contributed by atoms with van der Waals surface area (Å²) in [6.07, 6.45) is 0.250. The summed E-state index contributed by atoms with van der Waals surface area (Å²) in [6.45, 7) is 5.24. The van der Waals surface area contributed by atoms with Gasteiger partial charge in [0.1, 0.15) is 5.82 Å². The molecule has 0 aliphatic carbocycles. The standard InChI is InChI=1S/C12H15FINO/c1-9-7-15(4-5-16-9)8-10-6-11(14)2-3-12(10)13/h2-3,6,9H,4-5,7-8H2,1H3. The van der Waals surface area contributed by atoms with E-state index in [1.807, 2.05) is 6.07 Å². The second kappa shape index (κ2) is 5.42. The lowest BCUT2D eigenvalue weighted by molar-refractivity contribution is -0.0215. The van der Waals surface area contributed by atoms with Crippen LogP contribution in [0.3, 0.4) is 0 Å². The number of ether oxygens (including phenoxy) is 1. The SMILES string of the molecule is CC1CN(Cc2cc(I)ccc2F)CCO1. The summed E-state index contributed by atoms with van der Waals surface area (Å²) in [4.78, 5) is 2.24. The predicted octanol–water partition coefficient (Wildman–Crippen LogP) is 2.65. The van der Waals surface area contributed by atoms with Crippen LogP contribution in [0.2, 0.25) is 0 Å². The Hall–Kier alpha value is -0.200. The first kappa shape index (κ1) is 12.3. The van der Waals surface area contributed by atoms with Crippen LogP contribution in [0, 0.1) is 9.39 Å². The number of benzene rings is 1. The highest BCUT2D eigenvalue weighted by Crippen LogP contribution is 2.16. The van der Waals surface area contributed by atoms with Crippen molar-refractivity contribution in [3.63, 3.8) is 0 Å². The van der Waals surface area contributed by atoms with E-state index in [0.29, 0.717) is 6.54 Å². The Balaban J connectivity index is 2.05. The second-order valence-electron chi connectivity index (χ2n) is 4.15. The van der Waals surface area contributed by atoms with Crippen LogP contribution < -0.4 is 0 Å². The van der Waals surface area contributed by atoms with Crippen LogP contribution in [0.1, 0.15) is 12.5 Å². The maximum atomic E-state index is 13.6. The van der Waals surface area contributed by atoms with Crippen LogP contribution in [0.5, 0.6) is 0 Å². The zero-order valence-electron chi connectivity index (χ0n) is 9.25. The molecule has 0 bridgehead atoms. The van der Waals surface area contributed by atoms with Crippen LogP contribution in [-0.2, 0) is 11.3 Å². The summed E-state index contributed by atoms with van der Waals surface area (Å²) in [5.41, 5.74) is 0.779. The molecule has 0 amide bonds. The van der Waals surface area contributed by atoms with Crippen LogP contribution in [0.4, 0.5) is 4.39 Å². The maximum Gasteiger partial charge on any atom is 0.127 e. The normalized spacial score (nSPS) is 22.3. The third-order valence-corrected chi connectivity index (χ3v) is 3.40. The van der Waals surface area contributed by atoms with E-state index >= 15 is 0 Å². The smallest absolute Gasteiger partial charge is 0.127 e. The Morgan fingerprint density at radius 1 is 1.56 bits per heavy atom. The summed E-state index contributed by atoms with van der Waals surface area (Å²) in [5.74, 6) is -0.112. The molecule has 0 saturated carbocycles. The molecule has 16 heavy (non-hydrogen) atoms. The van der Waals surface area contributed by atoms with E-state index in [-0.39, 0.29) is 11.9 Å². The molecular formula is C12H15FINO. The van der Waals surface area contributed by atoms with E-state index in [0.717, 1.165) is 28.8 Å². The van der Waals surface area contributed by atoms with Crippen molar-refractivity contribution in [3.05, 3.63) is 33.1 Å². The topological polar surface area (TPSA) is 12.5 Å². The molecule has 0 N–H and O–H groups in total. The molecule has 4 heteroatoms. The summed E-state index contributed by atoms with van der Waals surface area (Å²) in [6, 6.07) is 5.25. The van der Waals surface area contributed by atoms with Gasteiger partial charge in [-0.25, -0.2) is 4.39 Å². The fraction of sp³-hybridized carbons (Fsp3) is 0.500. The number of hydrogen-bond donors (Lipinski definition) is 0. The predicted molar refractivity (Wildman–Crippen MR) is 69.8 cm³/mol. The van der Waals surface area contributed by atoms with Crippen molar-refractivity contribution in [1.29, 1.82) is 0 Å². The van der Waals surface area contributed by atoms with E-state index < -0.39 is 0 Å². The van der Waals surface area contributed by atoms with Crippen molar-refractivity contribution in [2.24, 2.45) is 0 Å². The lowest BCUT2D eigenvalue weighted by Gasteiger charge is -2.31. The fourth-order valence-corrected chi connectivity index (χ4v) is 2.50. The van der Waals surface area contributed by atoms with Gasteiger partial charge in [0.25, 0.3) is 0 Å². The van der Waals surface area contributed by atoms with Gasteiger partial charge in [0.05, 0.1) is 12.7 Å². The minimum absolute atomic E-state index is 0.112. The molecule has 1 atom stereocenters. The molecular weight excluding hydrogens is 320 g/mol. The Labute approximate surface area is 109 Å². The van der Waals surface area contributed by atoms with Crippen LogP contribution in [0.15, 0.2) is 18.2 Å². The molecule has 1 saturated heterocycles. The zero-order chi connectivity index (χ0) is 11.5. The number of hydrogen-bond acceptors (Lipinski definition) is 2. The first-order valence-corrected chi connectivity index (χ1v) is 6.51. The highest BCUT2D eigenvalue weighted by molar-refractivity contribution is 14.1. The Morgan fingerprint density at radius 3 is 3.12 bits per heavy atom. The molecule has 1 aliphatic rings. The number of morpholine rings is 1. The fourth-order valence-electron chi connectivity index (χ4n) is 1.94. The lowest BCUT2D eigenvalue weighted by Crippen LogP contribution is -2.40. The minimum Gasteiger partial charge on any atom is -0.376 e. The van der Waals surface area contributed by atoms with E-state index in [4.69, 9.17) is 4.74 Å². The summed E-state index contributed by atoms with van der Waals surface area (Å²) >= 11 is 2.21. The molecule has 1 heterocycles. The third kappa shape index (κ3) is 3.15. The second-order valence-corrected chi connectivity index (χ2v) is 5.40. The third-order valence-electron chi connectivity index (χ3n) is 2.73. The van der Waals surface area contributed by atoms with Gasteiger partial charge in [-0.05, 0) is 47.7 Å². The zero-order valence-corrected chi connectivity index (χ0v) is 11.4. The van der Waals surface area contributed by atoms with Crippen LogP contribution >= 0.6 is 22.6 Å². The first-order valence-electron chi connectivity index (χ1n) is 5.43. The van der Waals surface area contributed by atoms with Crippen molar-refractivity contribution in [3.8, 4) is 0 Å². The first-order chi connectivity index (χ1) is 7.65. The lowest BCUT2D eigenvalue weighted by atomic mass is 10.2. The largest absolute Gasteiger partial charge is 0.376 e. The van der Waals surface area contributed by atoms with Gasteiger partial charge in [0.15, 0.2) is 0 Å². The molecule has 1 aromatic rings. The van der Waals surface area contributed by atoms with Crippen LogP contribution in [0.25, 0.3) is 0 Å². The van der Waals surface area contributed by atoms with Gasteiger partial charge >= 0.3 is 0 Å². The van der Waals surface area contributed by atoms with E-state index in [1.54, 1.807) is 12.1 Å². The molecule has 2 rings (SSSR count). The molecule has 2 nitrogen and oxygen atoms in total. The molecule has 1 aliphatic heterocycles. The average Bonchev–Trinajstić information content (AvgIpc) is 2.24. The Kier molecular flexibility index (Phi) is 4.16. The molecule has 0 spiro atoms. The molecule has 0 radical (unpaired) electrons. The monoisotopic (exact) mass is 335 g/mol. The van der Waals surface area contributed by atoms with E-state index in [1.165, 1.54) is 0 Å². The number of nitrogens with zero attached hydrogens (tertiary/aromatic N) is 1. The quantitative estimate of drug-likeness (QED) is 0.771. The summed E-state index contributed by atoms with van der Waals surface area (Å²) < 4.78 is 20.1. The summed E-state index contributed by atoms with van der Waals surface area (Å²) in [5, 5.41) is 0. The summed E-state index contributed by atoms with van der Waals surface area (Å²) in [7, 11) is 0. The molecule has 0 aromatic heterocycles. The van der Waals surface area contributed by atoms with Gasteiger partial charge in [0.2, 0.25) is 0 Å². The van der Waals surface area contributed by atoms with Gasteiger partial charge in [-0.1, -0.05) is 0 Å². The van der Waals surface area contributed by atoms with E-state index in [2.05, 4.69) is 34.4 Å². The number of rotatable bonds is 2. The maximum absolute atomic E-state index is 13.6. The van der Waals surface area contributed by atoms with Gasteiger partial charge in [-0.3, -0.25) is 4.90 Å². The highest BCUT2D eigenvalue weighted by atomic mass is 127. The number of halogens is 2. The molecule has 1 fully saturated rings. The van der Waals surface area contributed by atoms with Gasteiger partial charge in [0, 0.05) is 28.8 Å². The molecule has 1 aromatic carbocycles. The molecule has 88 valence electrons. The van der Waals surface area contributed by atoms with Crippen LogP contribution in [-0.4, -0.2) is 30.7 Å². The average molecular weight is 335 g/mol.